The second-order valence-electron chi connectivity index (χ2n) is 8.44. The van der Waals surface area contributed by atoms with Crippen LogP contribution in [0.4, 0.5) is 16.2 Å². The minimum atomic E-state index is -0.618. The van der Waals surface area contributed by atoms with Crippen molar-refractivity contribution in [1.29, 1.82) is 0 Å². The Morgan fingerprint density at radius 3 is 2.30 bits per heavy atom. The van der Waals surface area contributed by atoms with Crippen molar-refractivity contribution in [2.75, 3.05) is 10.6 Å². The molecule has 7 heteroatoms. The number of carbonyl (C=O) groups is 3. The summed E-state index contributed by atoms with van der Waals surface area (Å²) in [6.07, 6.45) is 1.43. The summed E-state index contributed by atoms with van der Waals surface area (Å²) in [6, 6.07) is 12.0. The zero-order valence-electron chi connectivity index (χ0n) is 17.7. The molecule has 3 N–H and O–H groups in total. The largest absolute Gasteiger partial charge is 0.444 e. The Bertz CT molecular complexity index is 975. The summed E-state index contributed by atoms with van der Waals surface area (Å²) in [5.74, 6) is -0.484. The van der Waals surface area contributed by atoms with Crippen LogP contribution in [0.3, 0.4) is 0 Å². The van der Waals surface area contributed by atoms with Crippen LogP contribution in [0.5, 0.6) is 0 Å². The highest BCUT2D eigenvalue weighted by Crippen LogP contribution is 2.22. The van der Waals surface area contributed by atoms with Crippen LogP contribution in [0.25, 0.3) is 0 Å². The van der Waals surface area contributed by atoms with Crippen molar-refractivity contribution in [3.63, 3.8) is 0 Å². The molecule has 0 spiro atoms. The highest BCUT2D eigenvalue weighted by atomic mass is 16.6. The molecule has 0 aromatic heterocycles. The van der Waals surface area contributed by atoms with Gasteiger partial charge in [0.05, 0.1) is 0 Å². The summed E-state index contributed by atoms with van der Waals surface area (Å²) in [6.45, 7) is 7.19. The van der Waals surface area contributed by atoms with E-state index in [1.54, 1.807) is 63.2 Å². The first-order valence-electron chi connectivity index (χ1n) is 9.94. The number of benzene rings is 2. The summed E-state index contributed by atoms with van der Waals surface area (Å²) in [5, 5.41) is 8.41. The number of carbonyl (C=O) groups excluding carboxylic acids is 3. The molecule has 2 aromatic carbocycles. The minimum absolute atomic E-state index is 0.142. The van der Waals surface area contributed by atoms with E-state index in [1.807, 2.05) is 6.92 Å². The average Bonchev–Trinajstić information content (AvgIpc) is 3.46. The van der Waals surface area contributed by atoms with Gasteiger partial charge in [0.25, 0.3) is 11.8 Å². The van der Waals surface area contributed by atoms with Crippen LogP contribution in [0.2, 0.25) is 0 Å². The van der Waals surface area contributed by atoms with Crippen LogP contribution in [0.1, 0.15) is 59.9 Å². The van der Waals surface area contributed by atoms with Crippen molar-refractivity contribution < 1.29 is 19.1 Å². The molecule has 0 radical (unpaired) electrons. The predicted molar refractivity (Wildman–Crippen MR) is 116 cm³/mol. The molecule has 0 bridgehead atoms. The number of ether oxygens (including phenoxy) is 1. The molecule has 1 fully saturated rings. The maximum atomic E-state index is 12.7. The lowest BCUT2D eigenvalue weighted by Crippen LogP contribution is -2.27. The van der Waals surface area contributed by atoms with Gasteiger partial charge in [-0.25, -0.2) is 4.79 Å². The van der Waals surface area contributed by atoms with Gasteiger partial charge in [-0.05, 0) is 76.4 Å². The smallest absolute Gasteiger partial charge is 0.412 e. The number of hydrogen-bond acceptors (Lipinski definition) is 4. The van der Waals surface area contributed by atoms with E-state index in [9.17, 15) is 14.4 Å². The average molecular weight is 409 g/mol. The van der Waals surface area contributed by atoms with Crippen LogP contribution in [-0.2, 0) is 4.74 Å². The predicted octanol–water partition coefficient (Wildman–Crippen LogP) is 4.49. The van der Waals surface area contributed by atoms with E-state index in [1.165, 1.54) is 0 Å². The molecule has 3 rings (SSSR count). The lowest BCUT2D eigenvalue weighted by atomic mass is 10.1. The third kappa shape index (κ3) is 6.07. The van der Waals surface area contributed by atoms with Gasteiger partial charge in [0.2, 0.25) is 0 Å². The Kier molecular flexibility index (Phi) is 6.10. The van der Waals surface area contributed by atoms with Crippen molar-refractivity contribution in [2.45, 2.75) is 52.2 Å². The highest BCUT2D eigenvalue weighted by molar-refractivity contribution is 6.06. The van der Waals surface area contributed by atoms with Crippen LogP contribution < -0.4 is 16.0 Å². The van der Waals surface area contributed by atoms with E-state index in [2.05, 4.69) is 16.0 Å². The monoisotopic (exact) mass is 409 g/mol. The Balaban J connectivity index is 1.70. The van der Waals surface area contributed by atoms with Crippen molar-refractivity contribution >= 4 is 29.3 Å². The number of rotatable bonds is 5. The van der Waals surface area contributed by atoms with Crippen LogP contribution in [0.15, 0.2) is 42.5 Å². The Labute approximate surface area is 176 Å². The van der Waals surface area contributed by atoms with E-state index < -0.39 is 11.7 Å². The first-order valence-corrected chi connectivity index (χ1v) is 9.94. The van der Waals surface area contributed by atoms with Gasteiger partial charge in [-0.1, -0.05) is 12.1 Å². The normalized spacial score (nSPS) is 13.3. The number of nitrogens with one attached hydrogen (secondary N) is 3. The molecule has 7 nitrogen and oxygen atoms in total. The third-order valence-corrected chi connectivity index (χ3v) is 4.43. The van der Waals surface area contributed by atoms with Gasteiger partial charge in [0, 0.05) is 28.5 Å². The van der Waals surface area contributed by atoms with E-state index in [-0.39, 0.29) is 17.9 Å². The van der Waals surface area contributed by atoms with Crippen molar-refractivity contribution in [1.82, 2.24) is 5.32 Å². The summed E-state index contributed by atoms with van der Waals surface area (Å²) in [4.78, 5) is 37.0. The lowest BCUT2D eigenvalue weighted by molar-refractivity contribution is 0.0635. The Morgan fingerprint density at radius 1 is 0.933 bits per heavy atom. The van der Waals surface area contributed by atoms with Gasteiger partial charge >= 0.3 is 6.09 Å². The van der Waals surface area contributed by atoms with Gasteiger partial charge in [-0.2, -0.15) is 0 Å². The fourth-order valence-electron chi connectivity index (χ4n) is 2.75. The molecule has 0 heterocycles. The van der Waals surface area contributed by atoms with Gasteiger partial charge < -0.3 is 15.4 Å². The second-order valence-corrected chi connectivity index (χ2v) is 8.44. The summed E-state index contributed by atoms with van der Waals surface area (Å²) >= 11 is 0. The van der Waals surface area contributed by atoms with Crippen molar-refractivity contribution in [2.24, 2.45) is 0 Å². The number of amides is 3. The van der Waals surface area contributed by atoms with Crippen LogP contribution >= 0.6 is 0 Å². The molecule has 2 aromatic rings. The summed E-state index contributed by atoms with van der Waals surface area (Å²) in [5.41, 5.74) is 2.11. The number of aryl methyl sites for hydroxylation is 1. The lowest BCUT2D eigenvalue weighted by Gasteiger charge is -2.19. The fourth-order valence-corrected chi connectivity index (χ4v) is 2.75. The Hall–Kier alpha value is -3.35. The minimum Gasteiger partial charge on any atom is -0.444 e. The van der Waals surface area contributed by atoms with Crippen molar-refractivity contribution in [3.8, 4) is 0 Å². The quantitative estimate of drug-likeness (QED) is 0.678. The van der Waals surface area contributed by atoms with Gasteiger partial charge in [-0.15, -0.1) is 0 Å². The summed E-state index contributed by atoms with van der Waals surface area (Å²) < 4.78 is 5.23. The van der Waals surface area contributed by atoms with Crippen LogP contribution in [-0.4, -0.2) is 29.6 Å². The maximum Gasteiger partial charge on any atom is 0.412 e. The SMILES string of the molecule is Cc1ccc(C(=O)NC2CC2)cc1NC(=O)c1cccc(NC(=O)OC(C)(C)C)c1. The standard InChI is InChI=1S/C23H27N3O4/c1-14-8-9-16(20(27)24-17-10-11-17)13-19(14)26-21(28)15-6-5-7-18(12-15)25-22(29)30-23(2,3)4/h5-9,12-13,17H,10-11H2,1-4H3,(H,24,27)(H,25,29)(H,26,28). The second kappa shape index (κ2) is 8.57. The molecular formula is C23H27N3O4. The first-order chi connectivity index (χ1) is 14.1. The molecule has 0 saturated heterocycles. The van der Waals surface area contributed by atoms with E-state index in [0.717, 1.165) is 18.4 Å². The topological polar surface area (TPSA) is 96.5 Å². The third-order valence-electron chi connectivity index (χ3n) is 4.43. The Morgan fingerprint density at radius 2 is 1.63 bits per heavy atom. The number of anilines is 2. The van der Waals surface area contributed by atoms with Gasteiger partial charge in [-0.3, -0.25) is 14.9 Å². The molecule has 158 valence electrons. The molecular weight excluding hydrogens is 382 g/mol. The van der Waals surface area contributed by atoms with E-state index in [0.29, 0.717) is 22.5 Å². The highest BCUT2D eigenvalue weighted by Gasteiger charge is 2.24. The summed E-state index contributed by atoms with van der Waals surface area (Å²) in [7, 11) is 0. The van der Waals surface area contributed by atoms with Crippen molar-refractivity contribution in [3.05, 3.63) is 59.2 Å². The molecule has 30 heavy (non-hydrogen) atoms. The van der Waals surface area contributed by atoms with Gasteiger partial charge in [0.1, 0.15) is 5.60 Å². The van der Waals surface area contributed by atoms with E-state index in [4.69, 9.17) is 4.74 Å². The fraction of sp³-hybridized carbons (Fsp3) is 0.348. The van der Waals surface area contributed by atoms with E-state index >= 15 is 0 Å². The molecule has 1 aliphatic rings. The molecule has 3 amide bonds. The molecule has 1 saturated carbocycles. The molecule has 0 aliphatic heterocycles. The zero-order valence-corrected chi connectivity index (χ0v) is 17.7. The molecule has 1 aliphatic carbocycles. The maximum absolute atomic E-state index is 12.7. The molecule has 0 atom stereocenters. The van der Waals surface area contributed by atoms with Crippen LogP contribution in [0, 0.1) is 6.92 Å². The first kappa shape index (κ1) is 21.4. The zero-order chi connectivity index (χ0) is 21.9. The number of hydrogen-bond donors (Lipinski definition) is 3. The molecule has 0 unspecified atom stereocenters. The van der Waals surface area contributed by atoms with Gasteiger partial charge in [0.15, 0.2) is 0 Å².